The summed E-state index contributed by atoms with van der Waals surface area (Å²) in [5.41, 5.74) is 5.22. The highest BCUT2D eigenvalue weighted by Crippen LogP contribution is 2.37. The van der Waals surface area contributed by atoms with Crippen LogP contribution in [0.5, 0.6) is 0 Å². The fourth-order valence-electron chi connectivity index (χ4n) is 4.27. The third-order valence-electron chi connectivity index (χ3n) is 5.95. The molecule has 0 amide bonds. The van der Waals surface area contributed by atoms with Gasteiger partial charge in [-0.25, -0.2) is 4.98 Å². The Morgan fingerprint density at radius 2 is 1.69 bits per heavy atom. The normalized spacial score (nSPS) is 12.2. The summed E-state index contributed by atoms with van der Waals surface area (Å²) in [6, 6.07) is 25.0. The van der Waals surface area contributed by atoms with E-state index in [2.05, 4.69) is 82.9 Å². The molecule has 32 heavy (non-hydrogen) atoms. The van der Waals surface area contributed by atoms with Crippen molar-refractivity contribution in [3.8, 4) is 17.1 Å². The zero-order valence-electron chi connectivity index (χ0n) is 18.2. The monoisotopic (exact) mass is 434 g/mol. The average molecular weight is 435 g/mol. The van der Waals surface area contributed by atoms with Crippen LogP contribution in [-0.2, 0) is 0 Å². The molecule has 5 nitrogen and oxygen atoms in total. The Bertz CT molecular complexity index is 1610. The highest BCUT2D eigenvalue weighted by molar-refractivity contribution is 6.88. The van der Waals surface area contributed by atoms with Crippen molar-refractivity contribution in [3.05, 3.63) is 79.0 Å². The van der Waals surface area contributed by atoms with E-state index in [1.807, 2.05) is 24.3 Å². The number of fused-ring (bicyclic) bond motifs is 4. The first-order valence-electron chi connectivity index (χ1n) is 10.7. The predicted molar refractivity (Wildman–Crippen MR) is 132 cm³/mol. The van der Waals surface area contributed by atoms with E-state index in [0.717, 1.165) is 50.2 Å². The molecule has 3 aromatic heterocycles. The van der Waals surface area contributed by atoms with Gasteiger partial charge in [-0.05, 0) is 30.3 Å². The van der Waals surface area contributed by atoms with Crippen LogP contribution in [0.1, 0.15) is 0 Å². The van der Waals surface area contributed by atoms with Crippen LogP contribution < -0.4 is 5.19 Å². The molecule has 156 valence electrons. The van der Waals surface area contributed by atoms with Crippen molar-refractivity contribution in [2.24, 2.45) is 0 Å². The summed E-state index contributed by atoms with van der Waals surface area (Å²) in [5.74, 6) is 0.793. The van der Waals surface area contributed by atoms with Gasteiger partial charge in [-0.1, -0.05) is 67.3 Å². The van der Waals surface area contributed by atoms with Gasteiger partial charge in [0.25, 0.3) is 0 Å². The molecule has 6 heteroatoms. The molecule has 3 aromatic carbocycles. The van der Waals surface area contributed by atoms with Crippen LogP contribution in [-0.4, -0.2) is 27.8 Å². The number of aromatic nitrogens is 4. The van der Waals surface area contributed by atoms with Gasteiger partial charge >= 0.3 is 0 Å². The second-order valence-corrected chi connectivity index (χ2v) is 14.2. The van der Waals surface area contributed by atoms with E-state index in [4.69, 9.17) is 9.40 Å². The van der Waals surface area contributed by atoms with Gasteiger partial charge in [0.05, 0.1) is 19.8 Å². The molecule has 6 aromatic rings. The molecule has 0 radical (unpaired) electrons. The van der Waals surface area contributed by atoms with Gasteiger partial charge in [-0.2, -0.15) is 5.10 Å². The Labute approximate surface area is 186 Å². The Morgan fingerprint density at radius 3 is 2.50 bits per heavy atom. The first-order valence-corrected chi connectivity index (χ1v) is 14.2. The van der Waals surface area contributed by atoms with Crippen LogP contribution in [0, 0.1) is 0 Å². The van der Waals surface area contributed by atoms with E-state index < -0.39 is 8.07 Å². The number of furan rings is 1. The summed E-state index contributed by atoms with van der Waals surface area (Å²) in [6.45, 7) is 7.06. The van der Waals surface area contributed by atoms with Gasteiger partial charge in [-0.15, -0.1) is 5.10 Å². The second-order valence-electron chi connectivity index (χ2n) is 9.09. The van der Waals surface area contributed by atoms with Gasteiger partial charge in [0.15, 0.2) is 11.5 Å². The third kappa shape index (κ3) is 2.87. The molecule has 0 N–H and O–H groups in total. The number of imidazole rings is 1. The van der Waals surface area contributed by atoms with Gasteiger partial charge in [0.1, 0.15) is 16.7 Å². The maximum atomic E-state index is 6.49. The number of benzene rings is 3. The molecule has 0 bridgehead atoms. The van der Waals surface area contributed by atoms with E-state index >= 15 is 0 Å². The molecule has 0 saturated heterocycles. The molecular formula is C26H22N4OSi. The Hall–Kier alpha value is -3.77. The fourth-order valence-corrected chi connectivity index (χ4v) is 5.42. The minimum absolute atomic E-state index is 0.725. The molecule has 0 fully saturated rings. The molecule has 0 atom stereocenters. The Kier molecular flexibility index (Phi) is 4.07. The Morgan fingerprint density at radius 1 is 0.844 bits per heavy atom. The number of hydrogen-bond acceptors (Lipinski definition) is 4. The lowest BCUT2D eigenvalue weighted by atomic mass is 10.1. The first kappa shape index (κ1) is 19.0. The maximum Gasteiger partial charge on any atom is 0.187 e. The lowest BCUT2D eigenvalue weighted by molar-refractivity contribution is 0.669. The first-order chi connectivity index (χ1) is 15.5. The highest BCUT2D eigenvalue weighted by Gasteiger charge is 2.22. The summed E-state index contributed by atoms with van der Waals surface area (Å²) >= 11 is 0. The van der Waals surface area contributed by atoms with E-state index in [0.29, 0.717) is 0 Å². The van der Waals surface area contributed by atoms with Crippen molar-refractivity contribution in [1.82, 2.24) is 19.7 Å². The average Bonchev–Trinajstić information content (AvgIpc) is 3.37. The van der Waals surface area contributed by atoms with Gasteiger partial charge in [0, 0.05) is 16.5 Å². The highest BCUT2D eigenvalue weighted by atomic mass is 28.3. The largest absolute Gasteiger partial charge is 0.455 e. The summed E-state index contributed by atoms with van der Waals surface area (Å²) in [5, 5.41) is 12.1. The molecular weight excluding hydrogens is 412 g/mol. The van der Waals surface area contributed by atoms with E-state index in [1.165, 1.54) is 5.19 Å². The van der Waals surface area contributed by atoms with Gasteiger partial charge in [0.2, 0.25) is 0 Å². The van der Waals surface area contributed by atoms with E-state index in [1.54, 1.807) is 6.20 Å². The predicted octanol–water partition coefficient (Wildman–Crippen LogP) is 5.93. The lowest BCUT2D eigenvalue weighted by Crippen LogP contribution is -2.37. The van der Waals surface area contributed by atoms with Crippen LogP contribution >= 0.6 is 0 Å². The molecule has 0 spiro atoms. The van der Waals surface area contributed by atoms with Crippen molar-refractivity contribution < 1.29 is 4.42 Å². The molecule has 6 rings (SSSR count). The zero-order valence-corrected chi connectivity index (χ0v) is 19.2. The third-order valence-corrected chi connectivity index (χ3v) is 7.99. The topological polar surface area (TPSA) is 56.7 Å². The van der Waals surface area contributed by atoms with E-state index in [-0.39, 0.29) is 0 Å². The van der Waals surface area contributed by atoms with Crippen molar-refractivity contribution in [3.63, 3.8) is 0 Å². The van der Waals surface area contributed by atoms with Crippen molar-refractivity contribution in [1.29, 1.82) is 0 Å². The fraction of sp³-hybridized carbons (Fsp3) is 0.115. The molecule has 0 aliphatic rings. The summed E-state index contributed by atoms with van der Waals surface area (Å²) in [4.78, 5) is 4.94. The minimum atomic E-state index is -1.44. The Balaban J connectivity index is 1.67. The summed E-state index contributed by atoms with van der Waals surface area (Å²) in [6.07, 6.45) is 1.67. The zero-order chi connectivity index (χ0) is 21.9. The minimum Gasteiger partial charge on any atom is -0.455 e. The summed E-state index contributed by atoms with van der Waals surface area (Å²) in [7, 11) is -1.44. The number of rotatable bonds is 3. The number of para-hydroxylation sites is 2. The maximum absolute atomic E-state index is 6.49. The molecule has 0 saturated carbocycles. The standard InChI is InChI=1S/C26H22N4OSi/c1-32(2,3)18-12-13-19-20-10-7-11-21(24(20)31-23(19)16-18)25-28-22-14-15-27-29-26(22)30(25)17-8-5-4-6-9-17/h4-16H,1-3H3. The van der Waals surface area contributed by atoms with Crippen molar-refractivity contribution in [2.45, 2.75) is 19.6 Å². The molecule has 3 heterocycles. The molecule has 0 aliphatic heterocycles. The van der Waals surface area contributed by atoms with Gasteiger partial charge < -0.3 is 4.42 Å². The lowest BCUT2D eigenvalue weighted by Gasteiger charge is -2.15. The van der Waals surface area contributed by atoms with Crippen LogP contribution in [0.25, 0.3) is 50.2 Å². The number of hydrogen-bond donors (Lipinski definition) is 0. The van der Waals surface area contributed by atoms with Gasteiger partial charge in [-0.3, -0.25) is 4.57 Å². The van der Waals surface area contributed by atoms with Crippen LogP contribution in [0.2, 0.25) is 19.6 Å². The van der Waals surface area contributed by atoms with E-state index in [9.17, 15) is 0 Å². The van der Waals surface area contributed by atoms with Crippen LogP contribution in [0.3, 0.4) is 0 Å². The SMILES string of the molecule is C[Si](C)(C)c1ccc2c(c1)oc1c(-c3nc4ccnnc4n3-c3ccccc3)cccc12. The molecule has 0 unspecified atom stereocenters. The van der Waals surface area contributed by atoms with Crippen molar-refractivity contribution in [2.75, 3.05) is 0 Å². The molecule has 0 aliphatic carbocycles. The van der Waals surface area contributed by atoms with Crippen LogP contribution in [0.4, 0.5) is 0 Å². The van der Waals surface area contributed by atoms with Crippen LogP contribution in [0.15, 0.2) is 83.4 Å². The second kappa shape index (κ2) is 6.87. The summed E-state index contributed by atoms with van der Waals surface area (Å²) < 4.78 is 8.55. The quantitative estimate of drug-likeness (QED) is 0.324. The number of nitrogens with zero attached hydrogens (tertiary/aromatic N) is 4. The smallest absolute Gasteiger partial charge is 0.187 e. The van der Waals surface area contributed by atoms with Crippen molar-refractivity contribution >= 4 is 46.4 Å².